The van der Waals surface area contributed by atoms with E-state index in [2.05, 4.69) is 61.9 Å². The molecule has 0 atom stereocenters. The van der Waals surface area contributed by atoms with Crippen molar-refractivity contribution >= 4 is 0 Å². The fourth-order valence-electron chi connectivity index (χ4n) is 2.75. The van der Waals surface area contributed by atoms with Crippen LogP contribution in [-0.4, -0.2) is 56.2 Å². The van der Waals surface area contributed by atoms with E-state index in [-0.39, 0.29) is 5.41 Å². The number of hydrogen-bond acceptors (Lipinski definition) is 3. The van der Waals surface area contributed by atoms with E-state index >= 15 is 0 Å². The number of unbranched alkanes of at least 4 members (excludes halogenated alkanes) is 1. The Balaban J connectivity index is 1.60. The summed E-state index contributed by atoms with van der Waals surface area (Å²) in [5.74, 6) is 0.993. The highest BCUT2D eigenvalue weighted by Gasteiger charge is 2.13. The maximum absolute atomic E-state index is 5.85. The van der Waals surface area contributed by atoms with Gasteiger partial charge in [-0.15, -0.1) is 0 Å². The van der Waals surface area contributed by atoms with Crippen molar-refractivity contribution in [3.05, 3.63) is 29.8 Å². The third-order valence-corrected chi connectivity index (χ3v) is 4.45. The zero-order chi connectivity index (χ0) is 16.0. The van der Waals surface area contributed by atoms with Gasteiger partial charge in [-0.2, -0.15) is 0 Å². The first-order valence-electron chi connectivity index (χ1n) is 8.59. The van der Waals surface area contributed by atoms with E-state index in [0.29, 0.717) is 0 Å². The summed E-state index contributed by atoms with van der Waals surface area (Å²) in [6, 6.07) is 8.56. The topological polar surface area (TPSA) is 15.7 Å². The van der Waals surface area contributed by atoms with Gasteiger partial charge in [0.15, 0.2) is 0 Å². The maximum atomic E-state index is 5.85. The highest BCUT2D eigenvalue weighted by atomic mass is 16.5. The first kappa shape index (κ1) is 17.3. The van der Waals surface area contributed by atoms with Crippen LogP contribution in [0, 0.1) is 0 Å². The third-order valence-electron chi connectivity index (χ3n) is 4.45. The number of likely N-dealkylation sites (N-methyl/N-ethyl adjacent to an activating group) is 1. The summed E-state index contributed by atoms with van der Waals surface area (Å²) in [4.78, 5) is 4.97. The normalized spacial score (nSPS) is 17.6. The second kappa shape index (κ2) is 7.98. The highest BCUT2D eigenvalue weighted by Crippen LogP contribution is 2.24. The molecule has 124 valence electrons. The summed E-state index contributed by atoms with van der Waals surface area (Å²) in [6.07, 6.45) is 2.36. The van der Waals surface area contributed by atoms with Crippen molar-refractivity contribution in [1.82, 2.24) is 9.80 Å². The van der Waals surface area contributed by atoms with Gasteiger partial charge >= 0.3 is 0 Å². The molecular weight excluding hydrogens is 272 g/mol. The average molecular weight is 304 g/mol. The van der Waals surface area contributed by atoms with Crippen molar-refractivity contribution < 1.29 is 4.74 Å². The van der Waals surface area contributed by atoms with E-state index in [9.17, 15) is 0 Å². The molecule has 1 aromatic carbocycles. The summed E-state index contributed by atoms with van der Waals surface area (Å²) >= 11 is 0. The van der Waals surface area contributed by atoms with Crippen LogP contribution in [0.2, 0.25) is 0 Å². The summed E-state index contributed by atoms with van der Waals surface area (Å²) in [7, 11) is 2.20. The van der Waals surface area contributed by atoms with Crippen molar-refractivity contribution in [3.8, 4) is 5.75 Å². The van der Waals surface area contributed by atoms with Gasteiger partial charge < -0.3 is 14.5 Å². The minimum atomic E-state index is 0.209. The molecule has 0 unspecified atom stereocenters. The smallest absolute Gasteiger partial charge is 0.119 e. The lowest BCUT2D eigenvalue weighted by Crippen LogP contribution is -2.44. The van der Waals surface area contributed by atoms with Crippen LogP contribution >= 0.6 is 0 Å². The van der Waals surface area contributed by atoms with E-state index in [1.165, 1.54) is 44.7 Å². The summed E-state index contributed by atoms with van der Waals surface area (Å²) in [6.45, 7) is 13.6. The second-order valence-corrected chi connectivity index (χ2v) is 7.47. The zero-order valence-corrected chi connectivity index (χ0v) is 14.8. The molecule has 1 heterocycles. The monoisotopic (exact) mass is 304 g/mol. The average Bonchev–Trinajstić information content (AvgIpc) is 2.48. The molecule has 0 amide bonds. The van der Waals surface area contributed by atoms with Crippen molar-refractivity contribution in [2.75, 3.05) is 46.4 Å². The fraction of sp³-hybridized carbons (Fsp3) is 0.684. The number of piperazine rings is 1. The molecule has 0 aliphatic carbocycles. The summed E-state index contributed by atoms with van der Waals surface area (Å²) < 4.78 is 5.85. The van der Waals surface area contributed by atoms with Gasteiger partial charge in [0.1, 0.15) is 5.75 Å². The molecule has 22 heavy (non-hydrogen) atoms. The van der Waals surface area contributed by atoms with Gasteiger partial charge in [0, 0.05) is 26.2 Å². The first-order valence-corrected chi connectivity index (χ1v) is 8.59. The van der Waals surface area contributed by atoms with Crippen LogP contribution in [0.3, 0.4) is 0 Å². The standard InChI is InChI=1S/C19H32N2O/c1-19(2,3)17-7-9-18(10-8-17)22-16-6-5-11-21-14-12-20(4)13-15-21/h7-10H,5-6,11-16H2,1-4H3. The van der Waals surface area contributed by atoms with Gasteiger partial charge in [-0.05, 0) is 49.5 Å². The summed E-state index contributed by atoms with van der Waals surface area (Å²) in [5, 5.41) is 0. The van der Waals surface area contributed by atoms with Crippen molar-refractivity contribution in [2.24, 2.45) is 0 Å². The van der Waals surface area contributed by atoms with Crippen LogP contribution in [0.15, 0.2) is 24.3 Å². The number of benzene rings is 1. The molecular formula is C19H32N2O. The van der Waals surface area contributed by atoms with Crippen molar-refractivity contribution in [2.45, 2.75) is 39.0 Å². The lowest BCUT2D eigenvalue weighted by molar-refractivity contribution is 0.150. The predicted octanol–water partition coefficient (Wildman–Crippen LogP) is 3.39. The second-order valence-electron chi connectivity index (χ2n) is 7.47. The largest absolute Gasteiger partial charge is 0.494 e. The Morgan fingerprint density at radius 2 is 1.59 bits per heavy atom. The van der Waals surface area contributed by atoms with Crippen LogP contribution in [0.1, 0.15) is 39.2 Å². The van der Waals surface area contributed by atoms with E-state index in [1.54, 1.807) is 0 Å². The van der Waals surface area contributed by atoms with Gasteiger partial charge in [-0.25, -0.2) is 0 Å². The van der Waals surface area contributed by atoms with Gasteiger partial charge in [0.2, 0.25) is 0 Å². The van der Waals surface area contributed by atoms with Crippen LogP contribution in [0.4, 0.5) is 0 Å². The molecule has 1 saturated heterocycles. The van der Waals surface area contributed by atoms with Crippen LogP contribution in [0.25, 0.3) is 0 Å². The molecule has 3 nitrogen and oxygen atoms in total. The first-order chi connectivity index (χ1) is 10.4. The Hall–Kier alpha value is -1.06. The Morgan fingerprint density at radius 1 is 0.955 bits per heavy atom. The van der Waals surface area contributed by atoms with Crippen molar-refractivity contribution in [1.29, 1.82) is 0 Å². The minimum Gasteiger partial charge on any atom is -0.494 e. The molecule has 0 bridgehead atoms. The molecule has 1 aliphatic rings. The summed E-state index contributed by atoms with van der Waals surface area (Å²) in [5.41, 5.74) is 1.57. The molecule has 0 spiro atoms. The van der Waals surface area contributed by atoms with Crippen molar-refractivity contribution in [3.63, 3.8) is 0 Å². The van der Waals surface area contributed by atoms with Crippen LogP contribution in [0.5, 0.6) is 5.75 Å². The molecule has 1 aliphatic heterocycles. The third kappa shape index (κ3) is 5.62. The van der Waals surface area contributed by atoms with Gasteiger partial charge in [-0.1, -0.05) is 32.9 Å². The van der Waals surface area contributed by atoms with E-state index in [1.807, 2.05) is 0 Å². The number of rotatable bonds is 6. The molecule has 2 rings (SSSR count). The predicted molar refractivity (Wildman–Crippen MR) is 93.8 cm³/mol. The molecule has 0 radical (unpaired) electrons. The van der Waals surface area contributed by atoms with Gasteiger partial charge in [-0.3, -0.25) is 0 Å². The Labute approximate surface area is 136 Å². The van der Waals surface area contributed by atoms with Gasteiger partial charge in [0.05, 0.1) is 6.61 Å². The number of nitrogens with zero attached hydrogens (tertiary/aromatic N) is 2. The Morgan fingerprint density at radius 3 is 2.18 bits per heavy atom. The SMILES string of the molecule is CN1CCN(CCCCOc2ccc(C(C)(C)C)cc2)CC1. The van der Waals surface area contributed by atoms with Gasteiger partial charge in [0.25, 0.3) is 0 Å². The minimum absolute atomic E-state index is 0.209. The number of hydrogen-bond donors (Lipinski definition) is 0. The molecule has 0 saturated carbocycles. The Bertz CT molecular complexity index is 428. The number of ether oxygens (including phenoxy) is 1. The molecule has 0 aromatic heterocycles. The van der Waals surface area contributed by atoms with Crippen LogP contribution < -0.4 is 4.74 Å². The van der Waals surface area contributed by atoms with E-state index in [0.717, 1.165) is 18.8 Å². The van der Waals surface area contributed by atoms with Crippen LogP contribution in [-0.2, 0) is 5.41 Å². The Kier molecular flexibility index (Phi) is 6.27. The highest BCUT2D eigenvalue weighted by molar-refractivity contribution is 5.31. The van der Waals surface area contributed by atoms with E-state index in [4.69, 9.17) is 4.74 Å². The zero-order valence-electron chi connectivity index (χ0n) is 14.8. The molecule has 1 aromatic rings. The quantitative estimate of drug-likeness (QED) is 0.749. The molecule has 0 N–H and O–H groups in total. The lowest BCUT2D eigenvalue weighted by Gasteiger charge is -2.32. The maximum Gasteiger partial charge on any atom is 0.119 e. The fourth-order valence-corrected chi connectivity index (χ4v) is 2.75. The lowest BCUT2D eigenvalue weighted by atomic mass is 9.87. The molecule has 3 heteroatoms. The van der Waals surface area contributed by atoms with E-state index < -0.39 is 0 Å². The molecule has 1 fully saturated rings.